The first-order chi connectivity index (χ1) is 8.84. The van der Waals surface area contributed by atoms with E-state index in [1.165, 1.54) is 0 Å². The fraction of sp³-hybridized carbons (Fsp3) is 0.643. The van der Waals surface area contributed by atoms with E-state index in [0.717, 1.165) is 25.2 Å². The lowest BCUT2D eigenvalue weighted by Crippen LogP contribution is -2.28. The Hall–Kier alpha value is -1.65. The second-order valence-electron chi connectivity index (χ2n) is 5.76. The molecule has 0 aliphatic heterocycles. The summed E-state index contributed by atoms with van der Waals surface area (Å²) in [5.74, 6) is 1.25. The molecule has 0 radical (unpaired) electrons. The van der Waals surface area contributed by atoms with Gasteiger partial charge in [0.15, 0.2) is 11.6 Å². The van der Waals surface area contributed by atoms with Crippen LogP contribution in [-0.4, -0.2) is 29.7 Å². The minimum atomic E-state index is -0.432. The van der Waals surface area contributed by atoms with E-state index in [1.807, 2.05) is 33.9 Å². The van der Waals surface area contributed by atoms with Crippen LogP contribution in [0.4, 0.5) is 11.6 Å². The molecule has 1 heterocycles. The number of rotatable bonds is 5. The van der Waals surface area contributed by atoms with Crippen LogP contribution in [0.25, 0.3) is 0 Å². The minimum Gasteiger partial charge on any atom is -0.358 e. The molecule has 0 aliphatic rings. The zero-order chi connectivity index (χ0) is 14.5. The molecule has 0 saturated carbocycles. The van der Waals surface area contributed by atoms with Crippen LogP contribution >= 0.6 is 0 Å². The van der Waals surface area contributed by atoms with Gasteiger partial charge in [-0.25, -0.2) is 0 Å². The highest BCUT2D eigenvalue weighted by atomic mass is 16.2. The van der Waals surface area contributed by atoms with Gasteiger partial charge in [0.25, 0.3) is 0 Å². The molecule has 5 heteroatoms. The molecule has 0 aromatic carbocycles. The Morgan fingerprint density at radius 2 is 2.00 bits per heavy atom. The summed E-state index contributed by atoms with van der Waals surface area (Å²) in [5, 5.41) is 10.9. The third-order valence-electron chi connectivity index (χ3n) is 2.81. The molecule has 19 heavy (non-hydrogen) atoms. The normalized spacial score (nSPS) is 11.2. The van der Waals surface area contributed by atoms with E-state index < -0.39 is 5.41 Å². The minimum absolute atomic E-state index is 0.0612. The van der Waals surface area contributed by atoms with Crippen LogP contribution in [0.3, 0.4) is 0 Å². The number of anilines is 2. The van der Waals surface area contributed by atoms with Crippen molar-refractivity contribution in [2.24, 2.45) is 5.41 Å². The molecule has 1 rings (SSSR count). The van der Waals surface area contributed by atoms with E-state index in [2.05, 4.69) is 27.3 Å². The number of hydrogen-bond acceptors (Lipinski definition) is 4. The Bertz CT molecular complexity index is 408. The summed E-state index contributed by atoms with van der Waals surface area (Å²) < 4.78 is 0. The number of carbonyl (C=O) groups excluding carboxylic acids is 1. The number of hydrogen-bond donors (Lipinski definition) is 1. The van der Waals surface area contributed by atoms with Crippen molar-refractivity contribution in [3.8, 4) is 0 Å². The molecule has 1 aromatic heterocycles. The van der Waals surface area contributed by atoms with E-state index >= 15 is 0 Å². The number of amides is 1. The smallest absolute Gasteiger partial charge is 0.230 e. The Kier molecular flexibility index (Phi) is 5.27. The Morgan fingerprint density at radius 1 is 1.32 bits per heavy atom. The highest BCUT2D eigenvalue weighted by Gasteiger charge is 2.21. The van der Waals surface area contributed by atoms with E-state index in [9.17, 15) is 4.79 Å². The summed E-state index contributed by atoms with van der Waals surface area (Å²) in [6.45, 7) is 8.71. The maximum Gasteiger partial charge on any atom is 0.230 e. The Labute approximate surface area is 115 Å². The van der Waals surface area contributed by atoms with Gasteiger partial charge in [-0.3, -0.25) is 4.79 Å². The molecule has 0 aliphatic carbocycles. The average Bonchev–Trinajstić information content (AvgIpc) is 2.35. The third kappa shape index (κ3) is 4.85. The van der Waals surface area contributed by atoms with Crippen molar-refractivity contribution in [1.29, 1.82) is 0 Å². The molecular formula is C14H24N4O. The lowest BCUT2D eigenvalue weighted by molar-refractivity contribution is -0.123. The first kappa shape index (κ1) is 15.4. The molecule has 0 fully saturated rings. The van der Waals surface area contributed by atoms with Crippen LogP contribution in [0.2, 0.25) is 0 Å². The van der Waals surface area contributed by atoms with Crippen LogP contribution in [0.5, 0.6) is 0 Å². The molecule has 1 amide bonds. The molecule has 5 nitrogen and oxygen atoms in total. The third-order valence-corrected chi connectivity index (χ3v) is 2.81. The van der Waals surface area contributed by atoms with Gasteiger partial charge in [0.1, 0.15) is 0 Å². The van der Waals surface area contributed by atoms with Gasteiger partial charge in [-0.2, -0.15) is 0 Å². The number of unbranched alkanes of at least 4 members (excludes halogenated alkanes) is 1. The van der Waals surface area contributed by atoms with Gasteiger partial charge >= 0.3 is 0 Å². The lowest BCUT2D eigenvalue weighted by atomic mass is 9.96. The number of carbonyl (C=O) groups is 1. The molecule has 0 spiro atoms. The second kappa shape index (κ2) is 6.50. The zero-order valence-corrected chi connectivity index (χ0v) is 12.5. The summed E-state index contributed by atoms with van der Waals surface area (Å²) in [6.07, 6.45) is 2.28. The fourth-order valence-electron chi connectivity index (χ4n) is 1.41. The largest absolute Gasteiger partial charge is 0.358 e. The van der Waals surface area contributed by atoms with Crippen molar-refractivity contribution in [2.45, 2.75) is 40.5 Å². The van der Waals surface area contributed by atoms with Crippen molar-refractivity contribution in [3.05, 3.63) is 12.1 Å². The maximum absolute atomic E-state index is 11.8. The zero-order valence-electron chi connectivity index (χ0n) is 12.5. The van der Waals surface area contributed by atoms with Gasteiger partial charge in [0.05, 0.1) is 0 Å². The Balaban J connectivity index is 2.64. The van der Waals surface area contributed by atoms with Crippen molar-refractivity contribution < 1.29 is 4.79 Å². The average molecular weight is 264 g/mol. The highest BCUT2D eigenvalue weighted by Crippen LogP contribution is 2.17. The molecule has 106 valence electrons. The van der Waals surface area contributed by atoms with Gasteiger partial charge in [-0.15, -0.1) is 10.2 Å². The first-order valence-corrected chi connectivity index (χ1v) is 6.71. The van der Waals surface area contributed by atoms with Gasteiger partial charge in [0, 0.05) is 19.0 Å². The summed E-state index contributed by atoms with van der Waals surface area (Å²) in [6, 6.07) is 3.66. The number of aromatic nitrogens is 2. The van der Waals surface area contributed by atoms with Crippen LogP contribution in [0, 0.1) is 5.41 Å². The van der Waals surface area contributed by atoms with Crippen molar-refractivity contribution in [2.75, 3.05) is 23.8 Å². The highest BCUT2D eigenvalue weighted by molar-refractivity contribution is 5.93. The van der Waals surface area contributed by atoms with Gasteiger partial charge in [0.2, 0.25) is 5.91 Å². The first-order valence-electron chi connectivity index (χ1n) is 6.71. The molecule has 1 aromatic rings. The van der Waals surface area contributed by atoms with Gasteiger partial charge < -0.3 is 10.2 Å². The second-order valence-corrected chi connectivity index (χ2v) is 5.76. The number of nitrogens with zero attached hydrogens (tertiary/aromatic N) is 3. The van der Waals surface area contributed by atoms with E-state index in [-0.39, 0.29) is 5.91 Å². The summed E-state index contributed by atoms with van der Waals surface area (Å²) >= 11 is 0. The van der Waals surface area contributed by atoms with E-state index in [1.54, 1.807) is 6.07 Å². The predicted octanol–water partition coefficient (Wildman–Crippen LogP) is 2.70. The standard InChI is InChI=1S/C14H24N4O/c1-6-7-10-18(5)12-9-8-11(16-17-12)15-13(19)14(2,3)4/h8-9H,6-7,10H2,1-5H3,(H,15,16,19). The van der Waals surface area contributed by atoms with Gasteiger partial charge in [-0.1, -0.05) is 34.1 Å². The summed E-state index contributed by atoms with van der Waals surface area (Å²) in [5.41, 5.74) is -0.432. The molecule has 0 unspecified atom stereocenters. The van der Waals surface area contributed by atoms with Crippen molar-refractivity contribution in [1.82, 2.24) is 10.2 Å². The quantitative estimate of drug-likeness (QED) is 0.888. The topological polar surface area (TPSA) is 58.1 Å². The maximum atomic E-state index is 11.8. The van der Waals surface area contributed by atoms with E-state index in [0.29, 0.717) is 5.82 Å². The lowest BCUT2D eigenvalue weighted by Gasteiger charge is -2.18. The summed E-state index contributed by atoms with van der Waals surface area (Å²) in [4.78, 5) is 13.9. The molecule has 0 atom stereocenters. The summed E-state index contributed by atoms with van der Waals surface area (Å²) in [7, 11) is 1.99. The van der Waals surface area contributed by atoms with Crippen LogP contribution < -0.4 is 10.2 Å². The Morgan fingerprint density at radius 3 is 2.47 bits per heavy atom. The van der Waals surface area contributed by atoms with Crippen LogP contribution in [0.15, 0.2) is 12.1 Å². The molecular weight excluding hydrogens is 240 g/mol. The SMILES string of the molecule is CCCCN(C)c1ccc(NC(=O)C(C)(C)C)nn1. The number of nitrogens with one attached hydrogen (secondary N) is 1. The fourth-order valence-corrected chi connectivity index (χ4v) is 1.41. The van der Waals surface area contributed by atoms with Crippen LogP contribution in [0.1, 0.15) is 40.5 Å². The monoisotopic (exact) mass is 264 g/mol. The van der Waals surface area contributed by atoms with Crippen molar-refractivity contribution in [3.63, 3.8) is 0 Å². The predicted molar refractivity (Wildman–Crippen MR) is 78.3 cm³/mol. The molecule has 0 saturated heterocycles. The van der Waals surface area contributed by atoms with E-state index in [4.69, 9.17) is 0 Å². The molecule has 0 bridgehead atoms. The van der Waals surface area contributed by atoms with Crippen LogP contribution in [-0.2, 0) is 4.79 Å². The molecule has 1 N–H and O–H groups in total. The van der Waals surface area contributed by atoms with Gasteiger partial charge in [-0.05, 0) is 18.6 Å². The van der Waals surface area contributed by atoms with Crippen molar-refractivity contribution >= 4 is 17.5 Å².